The van der Waals surface area contributed by atoms with E-state index in [0.29, 0.717) is 24.7 Å². The highest BCUT2D eigenvalue weighted by Gasteiger charge is 2.06. The first-order chi connectivity index (χ1) is 7.61. The number of hydrogen-bond acceptors (Lipinski definition) is 4. The summed E-state index contributed by atoms with van der Waals surface area (Å²) in [5, 5.41) is 0. The molecule has 1 aromatic heterocycles. The number of ether oxygens (including phenoxy) is 2. The first-order valence-corrected chi connectivity index (χ1v) is 5.51. The summed E-state index contributed by atoms with van der Waals surface area (Å²) in [6, 6.07) is 3.56. The van der Waals surface area contributed by atoms with Crippen LogP contribution in [0.25, 0.3) is 0 Å². The molecule has 1 rings (SSSR count). The molecule has 1 aromatic rings. The zero-order valence-electron chi connectivity index (χ0n) is 9.47. The highest BCUT2D eigenvalue weighted by Crippen LogP contribution is 2.13. The Balaban J connectivity index is 2.50. The van der Waals surface area contributed by atoms with E-state index in [-0.39, 0.29) is 11.1 Å². The van der Waals surface area contributed by atoms with Crippen molar-refractivity contribution in [2.75, 3.05) is 13.2 Å². The molecule has 16 heavy (non-hydrogen) atoms. The summed E-state index contributed by atoms with van der Waals surface area (Å²) in [5.41, 5.74) is 6.20. The molecule has 0 bridgehead atoms. The van der Waals surface area contributed by atoms with Crippen LogP contribution < -0.4 is 10.5 Å². The molecule has 0 saturated carbocycles. The van der Waals surface area contributed by atoms with Crippen molar-refractivity contribution in [3.8, 4) is 5.88 Å². The van der Waals surface area contributed by atoms with Crippen molar-refractivity contribution in [3.63, 3.8) is 0 Å². The number of nitrogens with two attached hydrogens (primary N) is 1. The molecule has 0 spiro atoms. The summed E-state index contributed by atoms with van der Waals surface area (Å²) < 4.78 is 10.8. The molecule has 0 fully saturated rings. The SMILES string of the molecule is CC(C)OCCOc1ncccc1C(N)=S. The molecule has 88 valence electrons. The predicted molar refractivity (Wildman–Crippen MR) is 66.7 cm³/mol. The number of rotatable bonds is 6. The topological polar surface area (TPSA) is 57.4 Å². The quantitative estimate of drug-likeness (QED) is 0.603. The van der Waals surface area contributed by atoms with Crippen molar-refractivity contribution in [1.82, 2.24) is 4.98 Å². The van der Waals surface area contributed by atoms with Gasteiger partial charge in [0.2, 0.25) is 5.88 Å². The van der Waals surface area contributed by atoms with Crippen molar-refractivity contribution in [2.24, 2.45) is 5.73 Å². The zero-order chi connectivity index (χ0) is 12.0. The normalized spacial score (nSPS) is 10.4. The van der Waals surface area contributed by atoms with Crippen LogP contribution in [0.2, 0.25) is 0 Å². The van der Waals surface area contributed by atoms with Crippen LogP contribution in [0.1, 0.15) is 19.4 Å². The van der Waals surface area contributed by atoms with Crippen molar-refractivity contribution >= 4 is 17.2 Å². The average Bonchev–Trinajstić information content (AvgIpc) is 2.24. The van der Waals surface area contributed by atoms with Crippen LogP contribution in [0.5, 0.6) is 5.88 Å². The zero-order valence-corrected chi connectivity index (χ0v) is 10.3. The summed E-state index contributed by atoms with van der Waals surface area (Å²) >= 11 is 4.90. The van der Waals surface area contributed by atoms with Crippen LogP contribution in [0.4, 0.5) is 0 Å². The maximum atomic E-state index is 5.55. The Morgan fingerprint density at radius 3 is 2.88 bits per heavy atom. The van der Waals surface area contributed by atoms with Gasteiger partial charge in [0, 0.05) is 6.20 Å². The van der Waals surface area contributed by atoms with Crippen molar-refractivity contribution in [2.45, 2.75) is 20.0 Å². The third-order valence-electron chi connectivity index (χ3n) is 1.81. The lowest BCUT2D eigenvalue weighted by atomic mass is 10.3. The Morgan fingerprint density at radius 1 is 1.50 bits per heavy atom. The van der Waals surface area contributed by atoms with Crippen LogP contribution >= 0.6 is 12.2 Å². The smallest absolute Gasteiger partial charge is 0.223 e. The van der Waals surface area contributed by atoms with Crippen molar-refractivity contribution in [3.05, 3.63) is 23.9 Å². The summed E-state index contributed by atoms with van der Waals surface area (Å²) in [7, 11) is 0. The Bertz CT molecular complexity index is 356. The molecule has 0 unspecified atom stereocenters. The van der Waals surface area contributed by atoms with Gasteiger partial charge in [-0.2, -0.15) is 0 Å². The summed E-state index contributed by atoms with van der Waals surface area (Å²) in [6.45, 7) is 4.90. The summed E-state index contributed by atoms with van der Waals surface area (Å²) in [5.74, 6) is 0.461. The minimum Gasteiger partial charge on any atom is -0.475 e. The van der Waals surface area contributed by atoms with Gasteiger partial charge in [0.05, 0.1) is 18.3 Å². The van der Waals surface area contributed by atoms with E-state index < -0.39 is 0 Å². The van der Waals surface area contributed by atoms with E-state index in [0.717, 1.165) is 0 Å². The van der Waals surface area contributed by atoms with E-state index in [9.17, 15) is 0 Å². The van der Waals surface area contributed by atoms with Crippen LogP contribution in [-0.4, -0.2) is 29.3 Å². The fourth-order valence-corrected chi connectivity index (χ4v) is 1.27. The second kappa shape index (κ2) is 6.40. The Morgan fingerprint density at radius 2 is 2.25 bits per heavy atom. The molecule has 0 aromatic carbocycles. The van der Waals surface area contributed by atoms with E-state index in [1.165, 1.54) is 0 Å². The Hall–Kier alpha value is -1.20. The maximum Gasteiger partial charge on any atom is 0.223 e. The van der Waals surface area contributed by atoms with Gasteiger partial charge in [-0.1, -0.05) is 12.2 Å². The van der Waals surface area contributed by atoms with Gasteiger partial charge in [0.15, 0.2) is 0 Å². The molecule has 0 aliphatic heterocycles. The van der Waals surface area contributed by atoms with Gasteiger partial charge in [0.25, 0.3) is 0 Å². The lowest BCUT2D eigenvalue weighted by Gasteiger charge is -2.10. The third-order valence-corrected chi connectivity index (χ3v) is 2.03. The monoisotopic (exact) mass is 240 g/mol. The van der Waals surface area contributed by atoms with E-state index in [1.807, 2.05) is 13.8 Å². The molecule has 0 aliphatic carbocycles. The lowest BCUT2D eigenvalue weighted by molar-refractivity contribution is 0.0542. The minimum absolute atomic E-state index is 0.197. The fraction of sp³-hybridized carbons (Fsp3) is 0.455. The number of thiocarbonyl (C=S) groups is 1. The molecule has 0 radical (unpaired) electrons. The fourth-order valence-electron chi connectivity index (χ4n) is 1.12. The Kier molecular flexibility index (Phi) is 5.14. The van der Waals surface area contributed by atoms with Crippen LogP contribution in [0.15, 0.2) is 18.3 Å². The van der Waals surface area contributed by atoms with Gasteiger partial charge in [-0.05, 0) is 26.0 Å². The first kappa shape index (κ1) is 12.9. The molecule has 0 saturated heterocycles. The van der Waals surface area contributed by atoms with Crippen LogP contribution in [0.3, 0.4) is 0 Å². The second-order valence-electron chi connectivity index (χ2n) is 3.49. The molecule has 2 N–H and O–H groups in total. The number of nitrogens with zero attached hydrogens (tertiary/aromatic N) is 1. The summed E-state index contributed by atoms with van der Waals surface area (Å²) in [6.07, 6.45) is 1.84. The van der Waals surface area contributed by atoms with Gasteiger partial charge in [-0.25, -0.2) is 4.98 Å². The predicted octanol–water partition coefficient (Wildman–Crippen LogP) is 1.52. The van der Waals surface area contributed by atoms with E-state index in [1.54, 1.807) is 18.3 Å². The lowest BCUT2D eigenvalue weighted by Crippen LogP contribution is -2.16. The van der Waals surface area contributed by atoms with Crippen LogP contribution in [0, 0.1) is 0 Å². The number of hydrogen-bond donors (Lipinski definition) is 1. The van der Waals surface area contributed by atoms with Gasteiger partial charge >= 0.3 is 0 Å². The summed E-state index contributed by atoms with van der Waals surface area (Å²) in [4.78, 5) is 4.36. The van der Waals surface area contributed by atoms with E-state index in [4.69, 9.17) is 27.4 Å². The van der Waals surface area contributed by atoms with Gasteiger partial charge in [-0.3, -0.25) is 0 Å². The molecular formula is C11H16N2O2S. The first-order valence-electron chi connectivity index (χ1n) is 5.10. The molecule has 4 nitrogen and oxygen atoms in total. The Labute approximate surface area is 101 Å². The third kappa shape index (κ3) is 4.12. The van der Waals surface area contributed by atoms with E-state index >= 15 is 0 Å². The molecule has 1 heterocycles. The molecule has 0 amide bonds. The van der Waals surface area contributed by atoms with E-state index in [2.05, 4.69) is 4.98 Å². The minimum atomic E-state index is 0.197. The average molecular weight is 240 g/mol. The molecule has 0 atom stereocenters. The standard InChI is InChI=1S/C11H16N2O2S/c1-8(2)14-6-7-15-11-9(10(12)16)4-3-5-13-11/h3-5,8H,6-7H2,1-2H3,(H2,12,16). The van der Waals surface area contributed by atoms with Gasteiger partial charge in [0.1, 0.15) is 11.6 Å². The van der Waals surface area contributed by atoms with Crippen molar-refractivity contribution < 1.29 is 9.47 Å². The molecular weight excluding hydrogens is 224 g/mol. The highest BCUT2D eigenvalue weighted by molar-refractivity contribution is 7.80. The second-order valence-corrected chi connectivity index (χ2v) is 3.93. The number of pyridine rings is 1. The maximum absolute atomic E-state index is 5.55. The molecule has 0 aliphatic rings. The molecule has 5 heteroatoms. The number of aromatic nitrogens is 1. The highest BCUT2D eigenvalue weighted by atomic mass is 32.1. The van der Waals surface area contributed by atoms with Crippen LogP contribution in [-0.2, 0) is 4.74 Å². The van der Waals surface area contributed by atoms with Gasteiger partial charge in [-0.15, -0.1) is 0 Å². The largest absolute Gasteiger partial charge is 0.475 e. The van der Waals surface area contributed by atoms with Crippen molar-refractivity contribution in [1.29, 1.82) is 0 Å². The van der Waals surface area contributed by atoms with Gasteiger partial charge < -0.3 is 15.2 Å².